The van der Waals surface area contributed by atoms with Gasteiger partial charge in [-0.3, -0.25) is 4.79 Å². The maximum Gasteiger partial charge on any atom is 0.293 e. The summed E-state index contributed by atoms with van der Waals surface area (Å²) in [7, 11) is 0. The second-order valence-electron chi connectivity index (χ2n) is 2.73. The number of rotatable bonds is 8. The lowest BCUT2D eigenvalue weighted by molar-refractivity contribution is -0.128. The van der Waals surface area contributed by atoms with Gasteiger partial charge < -0.3 is 4.74 Å². The summed E-state index contributed by atoms with van der Waals surface area (Å²) in [6.07, 6.45) is 7.41. The van der Waals surface area contributed by atoms with Crippen LogP contribution in [0.5, 0.6) is 0 Å². The van der Waals surface area contributed by atoms with Gasteiger partial charge in [0, 0.05) is 0 Å². The summed E-state index contributed by atoms with van der Waals surface area (Å²) in [6.45, 7) is 3.32. The van der Waals surface area contributed by atoms with Gasteiger partial charge in [-0.1, -0.05) is 39.0 Å². The first-order valence-electron chi connectivity index (χ1n) is 4.47. The van der Waals surface area contributed by atoms with E-state index in [1.807, 2.05) is 0 Å². The van der Waals surface area contributed by atoms with Crippen molar-refractivity contribution in [2.24, 2.45) is 0 Å². The number of hydrogen-bond donors (Lipinski definition) is 0. The van der Waals surface area contributed by atoms with E-state index in [4.69, 9.17) is 0 Å². The second-order valence-corrected chi connectivity index (χ2v) is 2.73. The van der Waals surface area contributed by atoms with Crippen LogP contribution in [-0.4, -0.2) is 13.1 Å². The largest absolute Gasteiger partial charge is 0.468 e. The topological polar surface area (TPSA) is 26.3 Å². The molecular weight excluding hydrogens is 140 g/mol. The van der Waals surface area contributed by atoms with Crippen molar-refractivity contribution in [2.45, 2.75) is 45.4 Å². The molecule has 0 aromatic carbocycles. The Labute approximate surface area is 68.9 Å². The molecule has 0 heterocycles. The van der Waals surface area contributed by atoms with E-state index in [-0.39, 0.29) is 0 Å². The van der Waals surface area contributed by atoms with E-state index in [1.165, 1.54) is 32.1 Å². The van der Waals surface area contributed by atoms with Gasteiger partial charge in [0.25, 0.3) is 6.47 Å². The average Bonchev–Trinajstić information content (AvgIpc) is 2.03. The Kier molecular flexibility index (Phi) is 9.01. The van der Waals surface area contributed by atoms with Crippen LogP contribution in [0.4, 0.5) is 0 Å². The summed E-state index contributed by atoms with van der Waals surface area (Å²) in [4.78, 5) is 9.72. The van der Waals surface area contributed by atoms with Crippen LogP contribution in [0.3, 0.4) is 0 Å². The first-order chi connectivity index (χ1) is 5.41. The first-order valence-corrected chi connectivity index (χ1v) is 4.47. The zero-order chi connectivity index (χ0) is 8.36. The summed E-state index contributed by atoms with van der Waals surface area (Å²) >= 11 is 0. The normalized spacial score (nSPS) is 9.55. The zero-order valence-electron chi connectivity index (χ0n) is 7.34. The van der Waals surface area contributed by atoms with Crippen LogP contribution in [0.1, 0.15) is 45.4 Å². The van der Waals surface area contributed by atoms with E-state index >= 15 is 0 Å². The number of unbranched alkanes of at least 4 members (excludes halogenated alkanes) is 5. The standard InChI is InChI=1S/C9H18O2/c1-2-3-4-5-6-7-8-11-9-10/h9H,2-8H2,1H3. The molecule has 0 bridgehead atoms. The highest BCUT2D eigenvalue weighted by Crippen LogP contribution is 2.04. The number of carbonyl (C=O) groups is 1. The quantitative estimate of drug-likeness (QED) is 0.401. The Morgan fingerprint density at radius 1 is 1.09 bits per heavy atom. The van der Waals surface area contributed by atoms with Gasteiger partial charge in [0.15, 0.2) is 0 Å². The fourth-order valence-corrected chi connectivity index (χ4v) is 1.01. The molecule has 0 aromatic rings. The lowest BCUT2D eigenvalue weighted by Crippen LogP contribution is -1.90. The Balaban J connectivity index is 2.74. The van der Waals surface area contributed by atoms with Crippen molar-refractivity contribution in [3.05, 3.63) is 0 Å². The molecule has 0 saturated carbocycles. The molecular formula is C9H18O2. The van der Waals surface area contributed by atoms with Crippen molar-refractivity contribution >= 4 is 6.47 Å². The molecule has 2 heteroatoms. The summed E-state index contributed by atoms with van der Waals surface area (Å²) in [6, 6.07) is 0. The van der Waals surface area contributed by atoms with E-state index in [2.05, 4.69) is 11.7 Å². The minimum atomic E-state index is 0.520. The molecule has 0 aliphatic carbocycles. The predicted octanol–water partition coefficient (Wildman–Crippen LogP) is 2.52. The molecule has 0 atom stereocenters. The highest BCUT2D eigenvalue weighted by atomic mass is 16.5. The van der Waals surface area contributed by atoms with Crippen molar-refractivity contribution < 1.29 is 9.53 Å². The molecule has 0 rings (SSSR count). The molecule has 11 heavy (non-hydrogen) atoms. The summed E-state index contributed by atoms with van der Waals surface area (Å²) in [5, 5.41) is 0. The maximum absolute atomic E-state index is 9.72. The van der Waals surface area contributed by atoms with E-state index < -0.39 is 0 Å². The molecule has 0 fully saturated rings. The molecule has 66 valence electrons. The Hall–Kier alpha value is -0.530. The fourth-order valence-electron chi connectivity index (χ4n) is 1.01. The number of carbonyl (C=O) groups excluding carboxylic acids is 1. The third-order valence-corrected chi connectivity index (χ3v) is 1.68. The minimum Gasteiger partial charge on any atom is -0.468 e. The van der Waals surface area contributed by atoms with Gasteiger partial charge in [-0.05, 0) is 6.42 Å². The van der Waals surface area contributed by atoms with Crippen molar-refractivity contribution in [3.8, 4) is 0 Å². The Bertz CT molecular complexity index is 81.6. The van der Waals surface area contributed by atoms with E-state index in [9.17, 15) is 4.79 Å². The van der Waals surface area contributed by atoms with Crippen molar-refractivity contribution in [1.29, 1.82) is 0 Å². The third kappa shape index (κ3) is 9.47. The minimum absolute atomic E-state index is 0.520. The average molecular weight is 158 g/mol. The van der Waals surface area contributed by atoms with Crippen LogP contribution < -0.4 is 0 Å². The predicted molar refractivity (Wildman–Crippen MR) is 45.4 cm³/mol. The van der Waals surface area contributed by atoms with Gasteiger partial charge in [-0.25, -0.2) is 0 Å². The van der Waals surface area contributed by atoms with Crippen LogP contribution in [0, 0.1) is 0 Å². The lowest BCUT2D eigenvalue weighted by Gasteiger charge is -1.98. The van der Waals surface area contributed by atoms with E-state index in [0.29, 0.717) is 13.1 Å². The monoisotopic (exact) mass is 158 g/mol. The van der Waals surface area contributed by atoms with Crippen LogP contribution in [0.2, 0.25) is 0 Å². The molecule has 0 unspecified atom stereocenters. The molecule has 0 N–H and O–H groups in total. The van der Waals surface area contributed by atoms with Crippen LogP contribution in [0.25, 0.3) is 0 Å². The molecule has 0 aromatic heterocycles. The van der Waals surface area contributed by atoms with Crippen LogP contribution in [-0.2, 0) is 9.53 Å². The van der Waals surface area contributed by atoms with Gasteiger partial charge in [0.1, 0.15) is 0 Å². The highest BCUT2D eigenvalue weighted by Gasteiger charge is 1.88. The van der Waals surface area contributed by atoms with Gasteiger partial charge in [0.05, 0.1) is 6.61 Å². The van der Waals surface area contributed by atoms with Crippen molar-refractivity contribution in [1.82, 2.24) is 0 Å². The molecule has 0 amide bonds. The molecule has 0 aliphatic rings. The molecule has 0 radical (unpaired) electrons. The third-order valence-electron chi connectivity index (χ3n) is 1.68. The second kappa shape index (κ2) is 9.47. The van der Waals surface area contributed by atoms with Crippen LogP contribution in [0.15, 0.2) is 0 Å². The van der Waals surface area contributed by atoms with Gasteiger partial charge in [-0.15, -0.1) is 0 Å². The van der Waals surface area contributed by atoms with Gasteiger partial charge in [0.2, 0.25) is 0 Å². The Morgan fingerprint density at radius 3 is 2.36 bits per heavy atom. The summed E-state index contributed by atoms with van der Waals surface area (Å²) < 4.78 is 4.56. The molecule has 0 saturated heterocycles. The molecule has 0 aliphatic heterocycles. The van der Waals surface area contributed by atoms with Crippen molar-refractivity contribution in [3.63, 3.8) is 0 Å². The fraction of sp³-hybridized carbons (Fsp3) is 0.889. The van der Waals surface area contributed by atoms with Crippen molar-refractivity contribution in [2.75, 3.05) is 6.61 Å². The lowest BCUT2D eigenvalue weighted by atomic mass is 10.1. The molecule has 0 spiro atoms. The smallest absolute Gasteiger partial charge is 0.293 e. The zero-order valence-corrected chi connectivity index (χ0v) is 7.34. The van der Waals surface area contributed by atoms with E-state index in [0.717, 1.165) is 6.42 Å². The van der Waals surface area contributed by atoms with Gasteiger partial charge >= 0.3 is 0 Å². The number of hydrogen-bond acceptors (Lipinski definition) is 2. The maximum atomic E-state index is 9.72. The highest BCUT2D eigenvalue weighted by molar-refractivity contribution is 5.36. The number of ether oxygens (including phenoxy) is 1. The van der Waals surface area contributed by atoms with Crippen LogP contribution >= 0.6 is 0 Å². The van der Waals surface area contributed by atoms with Gasteiger partial charge in [-0.2, -0.15) is 0 Å². The summed E-state index contributed by atoms with van der Waals surface area (Å²) in [5.41, 5.74) is 0. The Morgan fingerprint density at radius 2 is 1.73 bits per heavy atom. The van der Waals surface area contributed by atoms with E-state index in [1.54, 1.807) is 0 Å². The SMILES string of the molecule is CCCCCCCCOC=O. The first kappa shape index (κ1) is 10.5. The molecule has 2 nitrogen and oxygen atoms in total. The summed E-state index contributed by atoms with van der Waals surface area (Å²) in [5.74, 6) is 0.